The van der Waals surface area contributed by atoms with E-state index in [2.05, 4.69) is 17.2 Å². The van der Waals surface area contributed by atoms with Crippen molar-refractivity contribution in [3.05, 3.63) is 0 Å². The molecule has 0 amide bonds. The summed E-state index contributed by atoms with van der Waals surface area (Å²) >= 11 is 0. The van der Waals surface area contributed by atoms with Crippen molar-refractivity contribution in [2.75, 3.05) is 6.54 Å². The Morgan fingerprint density at radius 2 is 2.18 bits per heavy atom. The van der Waals surface area contributed by atoms with Gasteiger partial charge in [-0.15, -0.1) is 0 Å². The summed E-state index contributed by atoms with van der Waals surface area (Å²) in [4.78, 5) is 10.1. The van der Waals surface area contributed by atoms with Crippen LogP contribution in [0, 0.1) is 11.8 Å². The van der Waals surface area contributed by atoms with E-state index in [4.69, 9.17) is 5.11 Å². The molecule has 0 aromatic carbocycles. The van der Waals surface area contributed by atoms with Gasteiger partial charge in [-0.25, -0.2) is 0 Å². The van der Waals surface area contributed by atoms with Crippen molar-refractivity contribution in [1.82, 2.24) is 5.32 Å². The maximum Gasteiger partial charge on any atom is 0.320 e. The van der Waals surface area contributed by atoms with Crippen LogP contribution in [0.25, 0.3) is 0 Å². The quantitative estimate of drug-likeness (QED) is 0.530. The van der Waals surface area contributed by atoms with Crippen molar-refractivity contribution in [1.29, 1.82) is 0 Å². The van der Waals surface area contributed by atoms with Gasteiger partial charge in [0.05, 0.1) is 6.42 Å². The van der Waals surface area contributed by atoms with Gasteiger partial charge >= 0.3 is 5.97 Å². The van der Waals surface area contributed by atoms with Crippen LogP contribution >= 0.6 is 0 Å². The van der Waals surface area contributed by atoms with E-state index in [1.165, 1.54) is 0 Å². The number of aliphatic carboxylic acids is 1. The minimum atomic E-state index is -0.720. The smallest absolute Gasteiger partial charge is 0.320 e. The van der Waals surface area contributed by atoms with Crippen molar-refractivity contribution >= 4 is 5.97 Å². The third kappa shape index (κ3) is 3.64. The van der Waals surface area contributed by atoms with Crippen molar-refractivity contribution < 1.29 is 9.90 Å². The van der Waals surface area contributed by atoms with E-state index in [-0.39, 0.29) is 6.04 Å². The summed E-state index contributed by atoms with van der Waals surface area (Å²) in [6, 6.07) is -0.269. The minimum absolute atomic E-state index is 0.269. The second kappa shape index (κ2) is 3.99. The topological polar surface area (TPSA) is 49.3 Å². The molecule has 3 nitrogen and oxygen atoms in total. The molecule has 1 atom stereocenters. The Labute approximate surface area is 65.8 Å². The second-order valence-corrected chi connectivity index (χ2v) is 2.52. The summed E-state index contributed by atoms with van der Waals surface area (Å²) in [5, 5.41) is 11.2. The summed E-state index contributed by atoms with van der Waals surface area (Å²) in [6.45, 7) is 0.858. The standard InChI is InChI=1S/C5H9NO2.C3H2/c7-5(8)4-2-1-3-6-4;1-2-3-1/h4,6H,1-3H2,(H,7,8);1H2/t4-;/m0./s1. The summed E-state index contributed by atoms with van der Waals surface area (Å²) in [5.41, 5.74) is 0. The molecule has 1 fully saturated rings. The highest BCUT2D eigenvalue weighted by atomic mass is 16.4. The van der Waals surface area contributed by atoms with Gasteiger partial charge in [0.1, 0.15) is 6.04 Å². The molecule has 0 spiro atoms. The molecule has 0 bridgehead atoms. The van der Waals surface area contributed by atoms with Crippen LogP contribution in [0.15, 0.2) is 0 Å². The van der Waals surface area contributed by atoms with Crippen molar-refractivity contribution in [3.8, 4) is 11.8 Å². The fourth-order valence-corrected chi connectivity index (χ4v) is 0.895. The predicted octanol–water partition coefficient (Wildman–Crippen LogP) is 0.216. The van der Waals surface area contributed by atoms with Crippen LogP contribution < -0.4 is 5.32 Å². The Morgan fingerprint density at radius 1 is 1.55 bits per heavy atom. The van der Waals surface area contributed by atoms with Crippen molar-refractivity contribution in [2.24, 2.45) is 0 Å². The lowest BCUT2D eigenvalue weighted by Gasteiger charge is -1.99. The first kappa shape index (κ1) is 8.09. The van der Waals surface area contributed by atoms with Gasteiger partial charge in [-0.2, -0.15) is 0 Å². The number of hydrogen-bond acceptors (Lipinski definition) is 2. The number of carboxylic acid groups (broad SMARTS) is 1. The van der Waals surface area contributed by atoms with Crippen LogP contribution in [0.1, 0.15) is 19.3 Å². The number of nitrogens with one attached hydrogen (secondary N) is 1. The second-order valence-electron chi connectivity index (χ2n) is 2.52. The van der Waals surface area contributed by atoms with Crippen LogP contribution in [0.3, 0.4) is 0 Å². The van der Waals surface area contributed by atoms with E-state index < -0.39 is 5.97 Å². The first-order valence-corrected chi connectivity index (χ1v) is 3.72. The van der Waals surface area contributed by atoms with Crippen LogP contribution in [-0.4, -0.2) is 23.7 Å². The van der Waals surface area contributed by atoms with Gasteiger partial charge in [0.15, 0.2) is 0 Å². The van der Waals surface area contributed by atoms with Gasteiger partial charge < -0.3 is 10.4 Å². The van der Waals surface area contributed by atoms with E-state index >= 15 is 0 Å². The molecule has 0 saturated carbocycles. The fraction of sp³-hybridized carbons (Fsp3) is 0.625. The van der Waals surface area contributed by atoms with E-state index in [9.17, 15) is 4.79 Å². The number of carboxylic acids is 1. The molecule has 60 valence electrons. The Balaban J connectivity index is 0.000000167. The molecular formula is C8H11NO2. The Kier molecular flexibility index (Phi) is 2.94. The predicted molar refractivity (Wildman–Crippen MR) is 41.1 cm³/mol. The monoisotopic (exact) mass is 153 g/mol. The van der Waals surface area contributed by atoms with Crippen LogP contribution in [0.4, 0.5) is 0 Å². The molecule has 3 heteroatoms. The van der Waals surface area contributed by atoms with E-state index in [0.29, 0.717) is 0 Å². The molecule has 1 heterocycles. The fourth-order valence-electron chi connectivity index (χ4n) is 0.895. The van der Waals surface area contributed by atoms with Gasteiger partial charge in [0, 0.05) is 0 Å². The average Bonchev–Trinajstić information content (AvgIpc) is 2.74. The van der Waals surface area contributed by atoms with E-state index in [0.717, 1.165) is 25.8 Å². The summed E-state index contributed by atoms with van der Waals surface area (Å²) < 4.78 is 0. The molecule has 0 unspecified atom stereocenters. The van der Waals surface area contributed by atoms with Gasteiger partial charge in [-0.05, 0) is 19.4 Å². The molecule has 11 heavy (non-hydrogen) atoms. The van der Waals surface area contributed by atoms with Crippen molar-refractivity contribution in [3.63, 3.8) is 0 Å². The van der Waals surface area contributed by atoms with Gasteiger partial charge in [-0.3, -0.25) is 4.79 Å². The zero-order valence-electron chi connectivity index (χ0n) is 6.26. The molecule has 1 aliphatic carbocycles. The van der Waals surface area contributed by atoms with E-state index in [1.54, 1.807) is 0 Å². The first-order chi connectivity index (χ1) is 5.30. The zero-order valence-corrected chi connectivity index (χ0v) is 6.26. The minimum Gasteiger partial charge on any atom is -0.480 e. The normalized spacial score (nSPS) is 24.2. The highest BCUT2D eigenvalue weighted by Crippen LogP contribution is 2.03. The van der Waals surface area contributed by atoms with E-state index in [1.807, 2.05) is 0 Å². The van der Waals surface area contributed by atoms with Crippen LogP contribution in [0.2, 0.25) is 0 Å². The molecule has 1 saturated heterocycles. The molecule has 2 aliphatic rings. The number of carbonyl (C=O) groups is 1. The lowest BCUT2D eigenvalue weighted by molar-refractivity contribution is -0.139. The lowest BCUT2D eigenvalue weighted by atomic mass is 10.2. The molecule has 0 aromatic rings. The number of hydrogen-bond donors (Lipinski definition) is 2. The Hall–Kier alpha value is -1.01. The number of rotatable bonds is 1. The highest BCUT2D eigenvalue weighted by Gasteiger charge is 2.20. The molecule has 0 radical (unpaired) electrons. The molecular weight excluding hydrogens is 142 g/mol. The molecule has 1 aliphatic heterocycles. The SMILES string of the molecule is C1#CC1.O=C(O)[C@@H]1CCCN1. The highest BCUT2D eigenvalue weighted by molar-refractivity contribution is 5.73. The van der Waals surface area contributed by atoms with Gasteiger partial charge in [0.2, 0.25) is 0 Å². The zero-order chi connectivity index (χ0) is 8.10. The van der Waals surface area contributed by atoms with Gasteiger partial charge in [-0.1, -0.05) is 11.8 Å². The first-order valence-electron chi connectivity index (χ1n) is 3.72. The average molecular weight is 153 g/mol. The molecule has 2 rings (SSSR count). The Bertz CT molecular complexity index is 190. The maximum absolute atomic E-state index is 10.1. The Morgan fingerprint density at radius 3 is 2.36 bits per heavy atom. The van der Waals surface area contributed by atoms with Crippen LogP contribution in [0.5, 0.6) is 0 Å². The lowest BCUT2D eigenvalue weighted by Crippen LogP contribution is -2.29. The van der Waals surface area contributed by atoms with Crippen LogP contribution in [-0.2, 0) is 4.79 Å². The molecule has 2 N–H and O–H groups in total. The third-order valence-electron chi connectivity index (χ3n) is 1.54. The summed E-state index contributed by atoms with van der Waals surface area (Å²) in [6.07, 6.45) is 2.78. The maximum atomic E-state index is 10.1. The summed E-state index contributed by atoms with van der Waals surface area (Å²) in [5.74, 6) is 4.78. The summed E-state index contributed by atoms with van der Waals surface area (Å²) in [7, 11) is 0. The molecule has 0 aromatic heterocycles. The largest absolute Gasteiger partial charge is 0.480 e. The van der Waals surface area contributed by atoms with Gasteiger partial charge in [0.25, 0.3) is 0 Å². The third-order valence-corrected chi connectivity index (χ3v) is 1.54. The van der Waals surface area contributed by atoms with Crippen molar-refractivity contribution in [2.45, 2.75) is 25.3 Å².